The average molecular weight is 479 g/mol. The number of rotatable bonds is 8. The molecule has 0 fully saturated rings. The van der Waals surface area contributed by atoms with Crippen LogP contribution in [0.25, 0.3) is 16.8 Å². The quantitative estimate of drug-likeness (QED) is 0.307. The molecule has 2 heterocycles. The minimum atomic E-state index is 0.458. The Kier molecular flexibility index (Phi) is 7.55. The monoisotopic (exact) mass is 478 g/mol. The fourth-order valence-corrected chi connectivity index (χ4v) is 4.28. The number of hydrogen-bond donors (Lipinski definition) is 0. The molecule has 0 atom stereocenters. The van der Waals surface area contributed by atoms with Crippen LogP contribution < -0.4 is 4.74 Å². The van der Waals surface area contributed by atoms with E-state index < -0.39 is 0 Å². The number of benzene rings is 2. The van der Waals surface area contributed by atoms with E-state index in [1.807, 2.05) is 18.2 Å². The van der Waals surface area contributed by atoms with Gasteiger partial charge in [-0.2, -0.15) is 10.2 Å². The maximum Gasteiger partial charge on any atom is 0.126 e. The number of halogens is 2. The Morgan fingerprint density at radius 3 is 2.45 bits per heavy atom. The van der Waals surface area contributed by atoms with Crippen molar-refractivity contribution in [3.63, 3.8) is 0 Å². The third-order valence-electron chi connectivity index (χ3n) is 5.44. The molecule has 0 unspecified atom stereocenters. The Morgan fingerprint density at radius 1 is 0.970 bits per heavy atom. The molecule has 7 heteroatoms. The van der Waals surface area contributed by atoms with E-state index in [1.54, 1.807) is 25.7 Å². The summed E-state index contributed by atoms with van der Waals surface area (Å²) in [6, 6.07) is 14.4. The van der Waals surface area contributed by atoms with Gasteiger partial charge in [-0.15, -0.1) is 0 Å². The van der Waals surface area contributed by atoms with Gasteiger partial charge in [0.25, 0.3) is 0 Å². The van der Waals surface area contributed by atoms with Gasteiger partial charge in [-0.1, -0.05) is 65.7 Å². The van der Waals surface area contributed by atoms with Crippen LogP contribution in [-0.4, -0.2) is 40.8 Å². The molecule has 0 bridgehead atoms. The summed E-state index contributed by atoms with van der Waals surface area (Å²) < 4.78 is 5.64. The molecule has 0 spiro atoms. The predicted octanol–water partition coefficient (Wildman–Crippen LogP) is 6.08. The van der Waals surface area contributed by atoms with Gasteiger partial charge in [0.15, 0.2) is 0 Å². The second kappa shape index (κ2) is 10.8. The molecule has 2 aromatic heterocycles. The predicted molar refractivity (Wildman–Crippen MR) is 135 cm³/mol. The first-order chi connectivity index (χ1) is 16.1. The maximum atomic E-state index is 6.33. The van der Waals surface area contributed by atoms with Gasteiger partial charge in [0, 0.05) is 48.2 Å². The highest BCUT2D eigenvalue weighted by atomic mass is 35.5. The zero-order valence-electron chi connectivity index (χ0n) is 18.5. The van der Waals surface area contributed by atoms with Crippen molar-refractivity contribution >= 4 is 40.1 Å². The van der Waals surface area contributed by atoms with E-state index in [2.05, 4.69) is 63.5 Å². The molecular weight excluding hydrogens is 455 g/mol. The Hall–Kier alpha value is -2.99. The third-order valence-corrected chi connectivity index (χ3v) is 6.09. The summed E-state index contributed by atoms with van der Waals surface area (Å²) in [7, 11) is 3.77. The number of fused-ring (bicyclic) bond motifs is 1. The summed E-state index contributed by atoms with van der Waals surface area (Å²) in [6.07, 6.45) is 9.62. The Bertz CT molecular complexity index is 1260. The van der Waals surface area contributed by atoms with Crippen molar-refractivity contribution < 1.29 is 4.74 Å². The van der Waals surface area contributed by atoms with Gasteiger partial charge in [0.2, 0.25) is 0 Å². The topological polar surface area (TPSA) is 51.1 Å². The van der Waals surface area contributed by atoms with Crippen molar-refractivity contribution in [1.82, 2.24) is 20.1 Å². The van der Waals surface area contributed by atoms with Gasteiger partial charge >= 0.3 is 0 Å². The van der Waals surface area contributed by atoms with E-state index in [9.17, 15) is 0 Å². The van der Waals surface area contributed by atoms with Gasteiger partial charge in [0.05, 0.1) is 29.0 Å². The standard InChI is InChI=1S/C26H24Cl2N4O/c1-32(17-18-7-4-3-5-8-18)12-6-9-20-22-14-30-31-25(19(22)10-11-26(20)33-2)13-21-23(27)15-29-16-24(21)28/h3-11,14-16H,12-13,17H2,1-2H3/b9-6+. The van der Waals surface area contributed by atoms with Crippen molar-refractivity contribution in [3.8, 4) is 5.75 Å². The third kappa shape index (κ3) is 5.50. The lowest BCUT2D eigenvalue weighted by Crippen LogP contribution is -2.17. The Morgan fingerprint density at radius 2 is 1.73 bits per heavy atom. The molecular formula is C26H24Cl2N4O. The number of ether oxygens (including phenoxy) is 1. The number of likely N-dealkylation sites (N-methyl/N-ethyl adjacent to an activating group) is 1. The lowest BCUT2D eigenvalue weighted by atomic mass is 10.0. The molecule has 4 aromatic rings. The highest BCUT2D eigenvalue weighted by molar-refractivity contribution is 6.35. The molecule has 33 heavy (non-hydrogen) atoms. The lowest BCUT2D eigenvalue weighted by Gasteiger charge is -2.15. The van der Waals surface area contributed by atoms with Crippen LogP contribution in [0.3, 0.4) is 0 Å². The molecule has 0 saturated heterocycles. The van der Waals surface area contributed by atoms with E-state index >= 15 is 0 Å². The van der Waals surface area contributed by atoms with Crippen LogP contribution in [0.5, 0.6) is 5.75 Å². The first-order valence-corrected chi connectivity index (χ1v) is 11.3. The van der Waals surface area contributed by atoms with Crippen LogP contribution in [-0.2, 0) is 13.0 Å². The van der Waals surface area contributed by atoms with Crippen LogP contribution in [0.1, 0.15) is 22.4 Å². The van der Waals surface area contributed by atoms with Crippen LogP contribution in [0.2, 0.25) is 10.0 Å². The first-order valence-electron chi connectivity index (χ1n) is 10.5. The Balaban J connectivity index is 1.62. The molecule has 5 nitrogen and oxygen atoms in total. The van der Waals surface area contributed by atoms with Crippen molar-refractivity contribution in [2.75, 3.05) is 20.7 Å². The number of nitrogens with zero attached hydrogens (tertiary/aromatic N) is 4. The van der Waals surface area contributed by atoms with E-state index in [4.69, 9.17) is 27.9 Å². The van der Waals surface area contributed by atoms with Gasteiger partial charge in [-0.3, -0.25) is 9.88 Å². The van der Waals surface area contributed by atoms with Gasteiger partial charge in [-0.05, 0) is 30.3 Å². The van der Waals surface area contributed by atoms with Gasteiger partial charge in [-0.25, -0.2) is 0 Å². The van der Waals surface area contributed by atoms with Crippen LogP contribution in [0.4, 0.5) is 0 Å². The maximum absolute atomic E-state index is 6.33. The zero-order chi connectivity index (χ0) is 23.2. The highest BCUT2D eigenvalue weighted by Crippen LogP contribution is 2.32. The van der Waals surface area contributed by atoms with Crippen molar-refractivity contribution in [3.05, 3.63) is 99.6 Å². The fourth-order valence-electron chi connectivity index (χ4n) is 3.78. The van der Waals surface area contributed by atoms with Crippen LogP contribution >= 0.6 is 23.2 Å². The highest BCUT2D eigenvalue weighted by Gasteiger charge is 2.14. The molecule has 0 aliphatic carbocycles. The van der Waals surface area contributed by atoms with Gasteiger partial charge in [0.1, 0.15) is 5.75 Å². The van der Waals surface area contributed by atoms with Gasteiger partial charge < -0.3 is 4.74 Å². The summed E-state index contributed by atoms with van der Waals surface area (Å²) in [5.74, 6) is 0.781. The number of methoxy groups -OCH3 is 1. The van der Waals surface area contributed by atoms with Crippen molar-refractivity contribution in [2.24, 2.45) is 0 Å². The largest absolute Gasteiger partial charge is 0.496 e. The average Bonchev–Trinajstić information content (AvgIpc) is 2.82. The zero-order valence-corrected chi connectivity index (χ0v) is 20.0. The molecule has 168 valence electrons. The van der Waals surface area contributed by atoms with Crippen molar-refractivity contribution in [1.29, 1.82) is 0 Å². The molecule has 2 aromatic carbocycles. The number of pyridine rings is 1. The number of aromatic nitrogens is 3. The summed E-state index contributed by atoms with van der Waals surface area (Å²) in [5.41, 5.74) is 3.82. The molecule has 0 N–H and O–H groups in total. The SMILES string of the molecule is COc1ccc2c(Cc3c(Cl)cncc3Cl)nncc2c1/C=C/CN(C)Cc1ccccc1. The van der Waals surface area contributed by atoms with E-state index in [1.165, 1.54) is 5.56 Å². The summed E-state index contributed by atoms with van der Waals surface area (Å²) in [4.78, 5) is 6.28. The minimum absolute atomic E-state index is 0.458. The second-order valence-corrected chi connectivity index (χ2v) is 8.59. The molecule has 0 aliphatic rings. The van der Waals surface area contributed by atoms with E-state index in [-0.39, 0.29) is 0 Å². The molecule has 0 saturated carbocycles. The second-order valence-electron chi connectivity index (χ2n) is 7.78. The molecule has 0 radical (unpaired) electrons. The number of hydrogen-bond acceptors (Lipinski definition) is 5. The first kappa shape index (κ1) is 23.2. The normalized spacial score (nSPS) is 11.5. The lowest BCUT2D eigenvalue weighted by molar-refractivity contribution is 0.364. The Labute approximate surface area is 203 Å². The van der Waals surface area contributed by atoms with Crippen LogP contribution in [0.15, 0.2) is 67.1 Å². The van der Waals surface area contributed by atoms with Crippen LogP contribution in [0, 0.1) is 0 Å². The summed E-state index contributed by atoms with van der Waals surface area (Å²) >= 11 is 12.7. The fraction of sp³-hybridized carbons (Fsp3) is 0.192. The van der Waals surface area contributed by atoms with E-state index in [0.717, 1.165) is 46.4 Å². The minimum Gasteiger partial charge on any atom is -0.496 e. The van der Waals surface area contributed by atoms with Crippen molar-refractivity contribution in [2.45, 2.75) is 13.0 Å². The summed E-state index contributed by atoms with van der Waals surface area (Å²) in [5, 5.41) is 11.6. The smallest absolute Gasteiger partial charge is 0.126 e. The van der Waals surface area contributed by atoms with E-state index in [0.29, 0.717) is 16.5 Å². The molecule has 0 amide bonds. The molecule has 4 rings (SSSR count). The molecule has 0 aliphatic heterocycles. The summed E-state index contributed by atoms with van der Waals surface area (Å²) in [6.45, 7) is 1.67.